The highest BCUT2D eigenvalue weighted by Gasteiger charge is 2.65. The summed E-state index contributed by atoms with van der Waals surface area (Å²) in [6.07, 6.45) is -0.759. The highest BCUT2D eigenvalue weighted by atomic mass is 16.7. The second-order valence-electron chi connectivity index (χ2n) is 9.58. The van der Waals surface area contributed by atoms with Gasteiger partial charge in [-0.3, -0.25) is 14.5 Å². The molecule has 0 N–H and O–H groups in total. The molecule has 3 atom stereocenters. The van der Waals surface area contributed by atoms with E-state index in [9.17, 15) is 9.59 Å². The highest BCUT2D eigenvalue weighted by molar-refractivity contribution is 5.85. The monoisotopic (exact) mass is 501 g/mol. The number of rotatable bonds is 7. The third kappa shape index (κ3) is 3.77. The highest BCUT2D eigenvalue weighted by Crippen LogP contribution is 2.57. The number of nitrogens with zero attached hydrogens (tertiary/aromatic N) is 1. The molecule has 0 radical (unpaired) electrons. The molecule has 0 saturated carbocycles. The van der Waals surface area contributed by atoms with Gasteiger partial charge in [-0.25, -0.2) is 0 Å². The summed E-state index contributed by atoms with van der Waals surface area (Å²) < 4.78 is 22.6. The Kier molecular flexibility index (Phi) is 6.62. The number of ether oxygens (including phenoxy) is 4. The quantitative estimate of drug-likeness (QED) is 0.356. The summed E-state index contributed by atoms with van der Waals surface area (Å²) in [6, 6.07) is 25.6. The fraction of sp³-hybridized carbons (Fsp3) is 0.333. The first-order valence-electron chi connectivity index (χ1n) is 12.3. The molecule has 1 heterocycles. The number of benzene rings is 3. The summed E-state index contributed by atoms with van der Waals surface area (Å²) in [7, 11) is 2.88. The molecular formula is C30H31NO6. The van der Waals surface area contributed by atoms with E-state index in [1.54, 1.807) is 6.92 Å². The first-order chi connectivity index (χ1) is 17.9. The van der Waals surface area contributed by atoms with Crippen molar-refractivity contribution in [1.82, 2.24) is 4.90 Å². The molecule has 1 aliphatic heterocycles. The van der Waals surface area contributed by atoms with Crippen molar-refractivity contribution in [3.63, 3.8) is 0 Å². The number of hydrogen-bond acceptors (Lipinski definition) is 7. The van der Waals surface area contributed by atoms with Crippen molar-refractivity contribution < 1.29 is 28.5 Å². The van der Waals surface area contributed by atoms with E-state index in [0.717, 1.165) is 27.8 Å². The molecule has 1 aliphatic carbocycles. The van der Waals surface area contributed by atoms with Gasteiger partial charge < -0.3 is 18.9 Å². The zero-order valence-electron chi connectivity index (χ0n) is 21.5. The zero-order chi connectivity index (χ0) is 26.2. The number of fused-ring (bicyclic) bond motifs is 3. The Morgan fingerprint density at radius 3 is 2.00 bits per heavy atom. The Hall–Kier alpha value is -3.52. The molecule has 3 aromatic carbocycles. The number of carbonyl (C=O) groups excluding carboxylic acids is 2. The Labute approximate surface area is 216 Å². The minimum absolute atomic E-state index is 0.0822. The predicted octanol–water partition coefficient (Wildman–Crippen LogP) is 4.13. The molecule has 7 nitrogen and oxygen atoms in total. The maximum absolute atomic E-state index is 13.7. The zero-order valence-corrected chi connectivity index (χ0v) is 21.5. The van der Waals surface area contributed by atoms with Crippen LogP contribution in [0.25, 0.3) is 11.1 Å². The Morgan fingerprint density at radius 1 is 0.892 bits per heavy atom. The van der Waals surface area contributed by atoms with Crippen LogP contribution in [0.15, 0.2) is 78.9 Å². The molecule has 0 unspecified atom stereocenters. The van der Waals surface area contributed by atoms with E-state index in [2.05, 4.69) is 41.3 Å². The van der Waals surface area contributed by atoms with Crippen LogP contribution >= 0.6 is 0 Å². The van der Waals surface area contributed by atoms with E-state index >= 15 is 0 Å². The minimum atomic E-state index is -1.25. The molecule has 0 bridgehead atoms. The van der Waals surface area contributed by atoms with Gasteiger partial charge in [-0.05, 0) is 34.7 Å². The Morgan fingerprint density at radius 2 is 1.46 bits per heavy atom. The molecule has 5 rings (SSSR count). The molecule has 192 valence electrons. The third-order valence-corrected chi connectivity index (χ3v) is 7.62. The predicted molar refractivity (Wildman–Crippen MR) is 138 cm³/mol. The van der Waals surface area contributed by atoms with Crippen molar-refractivity contribution in [2.75, 3.05) is 27.6 Å². The van der Waals surface area contributed by atoms with Crippen molar-refractivity contribution in [2.24, 2.45) is 0 Å². The van der Waals surface area contributed by atoms with Crippen LogP contribution in [-0.2, 0) is 34.1 Å². The Bertz CT molecular complexity index is 1260. The van der Waals surface area contributed by atoms with Crippen LogP contribution in [0.4, 0.5) is 0 Å². The van der Waals surface area contributed by atoms with Gasteiger partial charge in [-0.1, -0.05) is 78.9 Å². The van der Waals surface area contributed by atoms with Crippen LogP contribution in [0.5, 0.6) is 0 Å². The molecule has 2 aliphatic rings. The SMILES string of the molecule is COCO[C@]1(C)[C@H](OC(C)=O)CN(C2(c3ccccc3)c3ccccc3-c3ccccc32)[C@@H]1C(=O)OC. The van der Waals surface area contributed by atoms with Crippen LogP contribution in [0.2, 0.25) is 0 Å². The van der Waals surface area contributed by atoms with Crippen LogP contribution in [0, 0.1) is 0 Å². The topological polar surface area (TPSA) is 74.3 Å². The van der Waals surface area contributed by atoms with Gasteiger partial charge in [0.1, 0.15) is 24.5 Å². The lowest BCUT2D eigenvalue weighted by molar-refractivity contribution is -0.193. The van der Waals surface area contributed by atoms with Gasteiger partial charge in [0, 0.05) is 20.6 Å². The molecular weight excluding hydrogens is 470 g/mol. The fourth-order valence-electron chi connectivity index (χ4n) is 6.14. The van der Waals surface area contributed by atoms with Crippen LogP contribution in [-0.4, -0.2) is 62.1 Å². The first-order valence-corrected chi connectivity index (χ1v) is 12.3. The summed E-state index contributed by atoms with van der Waals surface area (Å²) in [4.78, 5) is 28.0. The van der Waals surface area contributed by atoms with Gasteiger partial charge in [0.05, 0.1) is 12.6 Å². The van der Waals surface area contributed by atoms with E-state index in [4.69, 9.17) is 18.9 Å². The van der Waals surface area contributed by atoms with E-state index < -0.39 is 35.2 Å². The van der Waals surface area contributed by atoms with Crippen molar-refractivity contribution >= 4 is 11.9 Å². The van der Waals surface area contributed by atoms with Gasteiger partial charge >= 0.3 is 11.9 Å². The largest absolute Gasteiger partial charge is 0.468 e. The molecule has 37 heavy (non-hydrogen) atoms. The second-order valence-corrected chi connectivity index (χ2v) is 9.58. The fourth-order valence-corrected chi connectivity index (χ4v) is 6.14. The average molecular weight is 502 g/mol. The Balaban J connectivity index is 1.84. The van der Waals surface area contributed by atoms with Crippen molar-refractivity contribution in [1.29, 1.82) is 0 Å². The summed E-state index contributed by atoms with van der Waals surface area (Å²) in [5.74, 6) is -0.936. The lowest BCUT2D eigenvalue weighted by atomic mass is 9.78. The number of hydrogen-bond donors (Lipinski definition) is 0. The van der Waals surface area contributed by atoms with E-state index in [0.29, 0.717) is 0 Å². The minimum Gasteiger partial charge on any atom is -0.468 e. The van der Waals surface area contributed by atoms with Gasteiger partial charge in [0.15, 0.2) is 0 Å². The molecule has 0 amide bonds. The van der Waals surface area contributed by atoms with Gasteiger partial charge in [-0.2, -0.15) is 0 Å². The molecule has 0 spiro atoms. The van der Waals surface area contributed by atoms with E-state index in [-0.39, 0.29) is 13.3 Å². The normalized spacial score (nSPS) is 23.8. The molecule has 3 aromatic rings. The van der Waals surface area contributed by atoms with E-state index in [1.165, 1.54) is 21.1 Å². The maximum atomic E-state index is 13.7. The second kappa shape index (κ2) is 9.74. The van der Waals surface area contributed by atoms with Crippen LogP contribution in [0.3, 0.4) is 0 Å². The van der Waals surface area contributed by atoms with Crippen LogP contribution < -0.4 is 0 Å². The maximum Gasteiger partial charge on any atom is 0.326 e. The number of methoxy groups -OCH3 is 2. The first kappa shape index (κ1) is 25.1. The van der Waals surface area contributed by atoms with Crippen molar-refractivity contribution in [3.8, 4) is 11.1 Å². The molecule has 1 fully saturated rings. The third-order valence-electron chi connectivity index (χ3n) is 7.62. The molecule has 7 heteroatoms. The van der Waals surface area contributed by atoms with Gasteiger partial charge in [-0.15, -0.1) is 0 Å². The lowest BCUT2D eigenvalue weighted by Gasteiger charge is -2.45. The number of likely N-dealkylation sites (tertiary alicyclic amines) is 1. The summed E-state index contributed by atoms with van der Waals surface area (Å²) in [6.45, 7) is 3.30. The van der Waals surface area contributed by atoms with Crippen molar-refractivity contribution in [3.05, 3.63) is 95.6 Å². The molecule has 1 saturated heterocycles. The summed E-state index contributed by atoms with van der Waals surface area (Å²) in [5, 5.41) is 0. The lowest BCUT2D eigenvalue weighted by Crippen LogP contribution is -2.59. The number of esters is 2. The molecule has 0 aromatic heterocycles. The van der Waals surface area contributed by atoms with E-state index in [1.807, 2.05) is 42.5 Å². The summed E-state index contributed by atoms with van der Waals surface area (Å²) >= 11 is 0. The standard InChI is InChI=1S/C30H31NO6/c1-20(32)37-26-18-31(27(28(33)35-4)29(26,2)36-19-34-3)30(21-12-6-5-7-13-21)24-16-10-8-14-22(24)23-15-9-11-17-25(23)30/h5-17,26-27H,18-19H2,1-4H3/t26-,27-,29-/m1/s1. The number of carbonyl (C=O) groups is 2. The van der Waals surface area contributed by atoms with Crippen molar-refractivity contribution in [2.45, 2.75) is 37.1 Å². The smallest absolute Gasteiger partial charge is 0.326 e. The average Bonchev–Trinajstić information content (AvgIpc) is 3.37. The van der Waals surface area contributed by atoms with Gasteiger partial charge in [0.2, 0.25) is 0 Å². The van der Waals surface area contributed by atoms with Crippen LogP contribution in [0.1, 0.15) is 30.5 Å². The van der Waals surface area contributed by atoms with Gasteiger partial charge in [0.25, 0.3) is 0 Å². The summed E-state index contributed by atoms with van der Waals surface area (Å²) in [5.41, 5.74) is 3.10.